The van der Waals surface area contributed by atoms with Gasteiger partial charge in [-0.15, -0.1) is 0 Å². The van der Waals surface area contributed by atoms with E-state index in [1.165, 1.54) is 18.9 Å². The summed E-state index contributed by atoms with van der Waals surface area (Å²) >= 11 is 12.4. The van der Waals surface area contributed by atoms with E-state index in [1.54, 1.807) is 28.0 Å². The first-order valence-electron chi connectivity index (χ1n) is 12.9. The third-order valence-corrected chi connectivity index (χ3v) is 8.63. The van der Waals surface area contributed by atoms with Gasteiger partial charge in [-0.3, -0.25) is 14.4 Å². The highest BCUT2D eigenvalue weighted by Crippen LogP contribution is 2.36. The summed E-state index contributed by atoms with van der Waals surface area (Å²) in [4.78, 5) is 43.3. The minimum Gasteiger partial charge on any atom is -0.343 e. The second kappa shape index (κ2) is 11.9. The van der Waals surface area contributed by atoms with Crippen LogP contribution in [-0.4, -0.2) is 71.7 Å². The van der Waals surface area contributed by atoms with Crippen LogP contribution >= 0.6 is 23.2 Å². The van der Waals surface area contributed by atoms with E-state index in [4.69, 9.17) is 23.2 Å². The highest BCUT2D eigenvalue weighted by Gasteiger charge is 2.40. The van der Waals surface area contributed by atoms with Crippen molar-refractivity contribution < 1.29 is 31.9 Å². The fraction of sp³-hybridized carbons (Fsp3) is 0.464. The summed E-state index contributed by atoms with van der Waals surface area (Å²) in [7, 11) is 1.52. The van der Waals surface area contributed by atoms with E-state index in [-0.39, 0.29) is 29.8 Å². The first-order chi connectivity index (χ1) is 18.8. The highest BCUT2D eigenvalue weighted by molar-refractivity contribution is 6.42. The van der Waals surface area contributed by atoms with Crippen LogP contribution in [0.25, 0.3) is 0 Å². The number of halogens is 6. The van der Waals surface area contributed by atoms with Gasteiger partial charge in [0.05, 0.1) is 15.6 Å². The van der Waals surface area contributed by atoms with Crippen LogP contribution < -0.4 is 0 Å². The van der Waals surface area contributed by atoms with Crippen LogP contribution in [0.4, 0.5) is 17.6 Å². The zero-order valence-corrected chi connectivity index (χ0v) is 23.5. The number of benzene rings is 2. The van der Waals surface area contributed by atoms with E-state index in [0.717, 1.165) is 11.6 Å². The summed E-state index contributed by atoms with van der Waals surface area (Å²) < 4.78 is 53.3. The van der Waals surface area contributed by atoms with E-state index in [2.05, 4.69) is 0 Å². The van der Waals surface area contributed by atoms with Crippen LogP contribution in [0.5, 0.6) is 0 Å². The van der Waals surface area contributed by atoms with Crippen molar-refractivity contribution in [2.75, 3.05) is 33.2 Å². The van der Waals surface area contributed by atoms with Crippen LogP contribution in [-0.2, 0) is 15.8 Å². The number of rotatable bonds is 4. The van der Waals surface area contributed by atoms with Crippen LogP contribution in [0.3, 0.4) is 0 Å². The molecule has 0 aromatic heterocycles. The molecular formula is C28H29Cl2F4N3O3. The summed E-state index contributed by atoms with van der Waals surface area (Å²) in [6.45, 7) is 3.16. The Bertz CT molecular complexity index is 1300. The number of carbonyl (C=O) groups is 3. The summed E-state index contributed by atoms with van der Waals surface area (Å²) in [5, 5.41) is 0.643. The minimum atomic E-state index is -4.88. The fourth-order valence-electron chi connectivity index (χ4n) is 5.61. The first kappa shape index (κ1) is 30.1. The Balaban J connectivity index is 1.57. The number of alkyl halides is 3. The van der Waals surface area contributed by atoms with E-state index in [9.17, 15) is 31.9 Å². The summed E-state index contributed by atoms with van der Waals surface area (Å²) in [5.41, 5.74) is -0.917. The molecule has 2 atom stereocenters. The van der Waals surface area contributed by atoms with Crippen LogP contribution in [0.15, 0.2) is 36.4 Å². The molecule has 2 aliphatic heterocycles. The van der Waals surface area contributed by atoms with Gasteiger partial charge in [-0.25, -0.2) is 4.39 Å². The lowest BCUT2D eigenvalue weighted by Crippen LogP contribution is -2.53. The zero-order valence-electron chi connectivity index (χ0n) is 22.0. The van der Waals surface area contributed by atoms with Crippen molar-refractivity contribution >= 4 is 40.9 Å². The molecule has 0 bridgehead atoms. The van der Waals surface area contributed by atoms with Gasteiger partial charge in [0, 0.05) is 63.6 Å². The largest absolute Gasteiger partial charge is 0.419 e. The molecule has 0 aliphatic carbocycles. The fourth-order valence-corrected chi connectivity index (χ4v) is 5.91. The molecule has 2 heterocycles. The summed E-state index contributed by atoms with van der Waals surface area (Å²) in [6.07, 6.45) is -3.37. The molecule has 2 aliphatic rings. The lowest BCUT2D eigenvalue weighted by Gasteiger charge is -2.44. The zero-order chi connectivity index (χ0) is 29.4. The maximum Gasteiger partial charge on any atom is 0.419 e. The van der Waals surface area contributed by atoms with Crippen LogP contribution in [0.1, 0.15) is 53.6 Å². The Morgan fingerprint density at radius 2 is 1.57 bits per heavy atom. The summed E-state index contributed by atoms with van der Waals surface area (Å²) in [6, 6.07) is 6.73. The molecule has 2 aromatic carbocycles. The molecule has 2 aromatic rings. The van der Waals surface area contributed by atoms with E-state index < -0.39 is 35.4 Å². The molecule has 3 amide bonds. The molecule has 12 heteroatoms. The molecule has 0 spiro atoms. The van der Waals surface area contributed by atoms with Crippen molar-refractivity contribution in [1.82, 2.24) is 14.7 Å². The third kappa shape index (κ3) is 6.38. The molecule has 0 N–H and O–H groups in total. The maximum absolute atomic E-state index is 14.2. The number of carbonyl (C=O) groups excluding carboxylic acids is 3. The van der Waals surface area contributed by atoms with E-state index in [1.807, 2.05) is 0 Å². The van der Waals surface area contributed by atoms with Crippen molar-refractivity contribution in [2.45, 2.75) is 44.3 Å². The molecule has 2 saturated heterocycles. The van der Waals surface area contributed by atoms with Crippen molar-refractivity contribution in [2.24, 2.45) is 5.92 Å². The monoisotopic (exact) mass is 601 g/mol. The van der Waals surface area contributed by atoms with Gasteiger partial charge in [-0.05, 0) is 55.2 Å². The van der Waals surface area contributed by atoms with Crippen molar-refractivity contribution in [3.8, 4) is 0 Å². The average molecular weight is 602 g/mol. The van der Waals surface area contributed by atoms with Crippen LogP contribution in [0, 0.1) is 11.7 Å². The topological polar surface area (TPSA) is 60.9 Å². The SMILES string of the molecule is CC(=O)N1CCC(C(=O)N2CC[C@@H](N(C)C(=O)c3ccc(C(F)(F)F)c(F)c3)[C@H](c3ccc(Cl)c(Cl)c3)C2)CC1. The molecular weight excluding hydrogens is 573 g/mol. The Labute approximate surface area is 239 Å². The maximum atomic E-state index is 14.2. The average Bonchev–Trinajstić information content (AvgIpc) is 2.92. The number of piperidine rings is 2. The molecule has 40 heavy (non-hydrogen) atoms. The third-order valence-electron chi connectivity index (χ3n) is 7.89. The normalized spacial score (nSPS) is 20.4. The lowest BCUT2D eigenvalue weighted by molar-refractivity contribution is -0.141. The predicted octanol–water partition coefficient (Wildman–Crippen LogP) is 5.87. The van der Waals surface area contributed by atoms with Gasteiger partial charge in [0.2, 0.25) is 11.8 Å². The number of amides is 3. The number of likely N-dealkylation sites (tertiary alicyclic amines) is 2. The minimum absolute atomic E-state index is 0.0213. The molecule has 0 radical (unpaired) electrons. The molecule has 0 saturated carbocycles. The van der Waals surface area contributed by atoms with Crippen molar-refractivity contribution in [3.63, 3.8) is 0 Å². The van der Waals surface area contributed by atoms with Gasteiger partial charge in [0.15, 0.2) is 0 Å². The number of likely N-dealkylation sites (N-methyl/N-ethyl adjacent to an activating group) is 1. The predicted molar refractivity (Wildman–Crippen MR) is 143 cm³/mol. The summed E-state index contributed by atoms with van der Waals surface area (Å²) in [5.74, 6) is -2.82. The molecule has 0 unspecified atom stereocenters. The van der Waals surface area contributed by atoms with Crippen molar-refractivity contribution in [1.29, 1.82) is 0 Å². The van der Waals surface area contributed by atoms with E-state index in [0.29, 0.717) is 61.1 Å². The van der Waals surface area contributed by atoms with Gasteiger partial charge in [-0.1, -0.05) is 29.3 Å². The highest BCUT2D eigenvalue weighted by atomic mass is 35.5. The first-order valence-corrected chi connectivity index (χ1v) is 13.7. The standard InChI is InChI=1S/C28H29Cl2F4N3O3/c1-16(38)36-10-7-17(8-11-36)27(40)37-12-9-25(20(15-37)18-4-6-22(29)23(30)13-18)35(2)26(39)19-3-5-21(24(31)14-19)28(32,33)34/h3-6,13-14,17,20,25H,7-12,15H2,1-2H3/t20-,25+/m0/s1. The molecule has 2 fully saturated rings. The van der Waals surface area contributed by atoms with Gasteiger partial charge in [0.1, 0.15) is 5.82 Å². The molecule has 6 nitrogen and oxygen atoms in total. The Hall–Kier alpha value is -2.85. The number of nitrogens with zero attached hydrogens (tertiary/aromatic N) is 3. The second-order valence-corrected chi connectivity index (χ2v) is 11.1. The lowest BCUT2D eigenvalue weighted by atomic mass is 9.83. The Kier molecular flexibility index (Phi) is 8.99. The Morgan fingerprint density at radius 3 is 2.15 bits per heavy atom. The quantitative estimate of drug-likeness (QED) is 0.412. The Morgan fingerprint density at radius 1 is 0.925 bits per heavy atom. The van der Waals surface area contributed by atoms with Gasteiger partial charge in [0.25, 0.3) is 5.91 Å². The van der Waals surface area contributed by atoms with Gasteiger partial charge in [-0.2, -0.15) is 13.2 Å². The van der Waals surface area contributed by atoms with Gasteiger partial charge >= 0.3 is 6.18 Å². The smallest absolute Gasteiger partial charge is 0.343 e. The number of hydrogen-bond donors (Lipinski definition) is 0. The second-order valence-electron chi connectivity index (χ2n) is 10.3. The van der Waals surface area contributed by atoms with Crippen molar-refractivity contribution in [3.05, 3.63) is 69.0 Å². The van der Waals surface area contributed by atoms with E-state index >= 15 is 0 Å². The number of hydrogen-bond acceptors (Lipinski definition) is 3. The molecule has 4 rings (SSSR count). The van der Waals surface area contributed by atoms with Crippen LogP contribution in [0.2, 0.25) is 10.0 Å². The molecule has 216 valence electrons. The van der Waals surface area contributed by atoms with Gasteiger partial charge < -0.3 is 14.7 Å².